The Balaban J connectivity index is 1.37. The number of piperidine rings is 1. The third-order valence-corrected chi connectivity index (χ3v) is 6.10. The Morgan fingerprint density at radius 2 is 1.96 bits per heavy atom. The largest absolute Gasteiger partial charge is 0.489 e. The van der Waals surface area contributed by atoms with Crippen LogP contribution in [0.2, 0.25) is 5.02 Å². The van der Waals surface area contributed by atoms with Crippen LogP contribution in [-0.4, -0.2) is 46.1 Å². The molecule has 2 heterocycles. The van der Waals surface area contributed by atoms with Gasteiger partial charge in [-0.1, -0.05) is 35.9 Å². The minimum absolute atomic E-state index is 0.0917. The standard InChI is InChI=1S/C22H26ClNO4/c1-21(26,15-27-20-12-18(23)7-6-17(20)14-25)24-10-8-22(9-11-24)13-16-4-2-3-5-19(16)28-22/h2-7,12,25-26H,8-11,13-15H2,1H3/t21-/m0/s1. The molecule has 1 fully saturated rings. The van der Waals surface area contributed by atoms with Gasteiger partial charge in [-0.25, -0.2) is 0 Å². The van der Waals surface area contributed by atoms with E-state index in [9.17, 15) is 10.2 Å². The predicted molar refractivity (Wildman–Crippen MR) is 108 cm³/mol. The van der Waals surface area contributed by atoms with Crippen LogP contribution in [-0.2, 0) is 13.0 Å². The summed E-state index contributed by atoms with van der Waals surface area (Å²) in [5.74, 6) is 1.49. The molecule has 6 heteroatoms. The number of benzene rings is 2. The summed E-state index contributed by atoms with van der Waals surface area (Å²) in [6, 6.07) is 13.3. The second-order valence-corrected chi connectivity index (χ2v) is 8.41. The molecule has 0 unspecified atom stereocenters. The number of hydrogen-bond donors (Lipinski definition) is 2. The Morgan fingerprint density at radius 3 is 2.68 bits per heavy atom. The van der Waals surface area contributed by atoms with Crippen LogP contribution in [0, 0.1) is 0 Å². The molecule has 2 aromatic rings. The summed E-state index contributed by atoms with van der Waals surface area (Å²) in [6.07, 6.45) is 2.64. The molecule has 28 heavy (non-hydrogen) atoms. The molecule has 1 atom stereocenters. The summed E-state index contributed by atoms with van der Waals surface area (Å²) in [5.41, 5.74) is 0.634. The molecule has 150 valence electrons. The number of likely N-dealkylation sites (tertiary alicyclic amines) is 1. The zero-order chi connectivity index (χ0) is 19.8. The molecule has 0 bridgehead atoms. The van der Waals surface area contributed by atoms with Gasteiger partial charge in [0.2, 0.25) is 0 Å². The fourth-order valence-electron chi connectivity index (χ4n) is 4.14. The first-order valence-electron chi connectivity index (χ1n) is 9.67. The van der Waals surface area contributed by atoms with Gasteiger partial charge >= 0.3 is 0 Å². The van der Waals surface area contributed by atoms with E-state index in [1.54, 1.807) is 25.1 Å². The molecule has 0 saturated carbocycles. The van der Waals surface area contributed by atoms with E-state index < -0.39 is 5.72 Å². The molecule has 0 aliphatic carbocycles. The van der Waals surface area contributed by atoms with Gasteiger partial charge in [-0.3, -0.25) is 4.90 Å². The predicted octanol–water partition coefficient (Wildman–Crippen LogP) is 3.39. The highest BCUT2D eigenvalue weighted by Crippen LogP contribution is 2.41. The maximum atomic E-state index is 11.0. The molecule has 2 aliphatic heterocycles. The number of fused-ring (bicyclic) bond motifs is 1. The van der Waals surface area contributed by atoms with Crippen molar-refractivity contribution in [2.45, 2.75) is 44.1 Å². The van der Waals surface area contributed by atoms with Crippen LogP contribution in [0.5, 0.6) is 11.5 Å². The summed E-state index contributed by atoms with van der Waals surface area (Å²) in [4.78, 5) is 2.04. The maximum Gasteiger partial charge on any atom is 0.149 e. The van der Waals surface area contributed by atoms with Crippen molar-refractivity contribution in [3.63, 3.8) is 0 Å². The number of ether oxygens (including phenoxy) is 2. The van der Waals surface area contributed by atoms with Crippen molar-refractivity contribution in [3.8, 4) is 11.5 Å². The van der Waals surface area contributed by atoms with E-state index in [0.717, 1.165) is 38.1 Å². The smallest absolute Gasteiger partial charge is 0.149 e. The average molecular weight is 404 g/mol. The average Bonchev–Trinajstić information content (AvgIpc) is 3.04. The third-order valence-electron chi connectivity index (χ3n) is 5.87. The van der Waals surface area contributed by atoms with E-state index in [0.29, 0.717) is 16.3 Å². The summed E-state index contributed by atoms with van der Waals surface area (Å²) in [7, 11) is 0. The van der Waals surface area contributed by atoms with Crippen molar-refractivity contribution in [3.05, 3.63) is 58.6 Å². The lowest BCUT2D eigenvalue weighted by Crippen LogP contribution is -2.57. The van der Waals surface area contributed by atoms with Crippen LogP contribution >= 0.6 is 11.6 Å². The van der Waals surface area contributed by atoms with Gasteiger partial charge in [0.25, 0.3) is 0 Å². The van der Waals surface area contributed by atoms with Gasteiger partial charge in [0, 0.05) is 42.9 Å². The van der Waals surface area contributed by atoms with Crippen molar-refractivity contribution in [2.24, 2.45) is 0 Å². The molecule has 1 spiro atoms. The lowest BCUT2D eigenvalue weighted by Gasteiger charge is -2.44. The first kappa shape index (κ1) is 19.5. The lowest BCUT2D eigenvalue weighted by atomic mass is 9.86. The van der Waals surface area contributed by atoms with Gasteiger partial charge in [-0.05, 0) is 30.7 Å². The fourth-order valence-corrected chi connectivity index (χ4v) is 4.30. The number of halogens is 1. The number of hydrogen-bond acceptors (Lipinski definition) is 5. The Hall–Kier alpha value is -1.79. The van der Waals surface area contributed by atoms with E-state index in [1.807, 2.05) is 17.0 Å². The van der Waals surface area contributed by atoms with Gasteiger partial charge in [0.15, 0.2) is 0 Å². The highest BCUT2D eigenvalue weighted by atomic mass is 35.5. The monoisotopic (exact) mass is 403 g/mol. The topological polar surface area (TPSA) is 62.2 Å². The van der Waals surface area contributed by atoms with Crippen LogP contribution in [0.4, 0.5) is 0 Å². The van der Waals surface area contributed by atoms with E-state index >= 15 is 0 Å². The Labute approximate surface area is 170 Å². The van der Waals surface area contributed by atoms with Crippen molar-refractivity contribution < 1.29 is 19.7 Å². The molecule has 5 nitrogen and oxygen atoms in total. The highest BCUT2D eigenvalue weighted by Gasteiger charge is 2.45. The third kappa shape index (κ3) is 3.85. The Kier molecular flexibility index (Phi) is 5.27. The van der Waals surface area contributed by atoms with Crippen LogP contribution in [0.1, 0.15) is 30.9 Å². The molecular formula is C22H26ClNO4. The first-order chi connectivity index (χ1) is 13.4. The van der Waals surface area contributed by atoms with E-state index in [2.05, 4.69) is 12.1 Å². The quantitative estimate of drug-likeness (QED) is 0.801. The molecule has 2 N–H and O–H groups in total. The molecule has 0 aromatic heterocycles. The molecule has 2 aromatic carbocycles. The van der Waals surface area contributed by atoms with Gasteiger partial charge in [0.05, 0.1) is 6.61 Å². The van der Waals surface area contributed by atoms with Crippen molar-refractivity contribution in [2.75, 3.05) is 19.7 Å². The van der Waals surface area contributed by atoms with Gasteiger partial charge < -0.3 is 19.7 Å². The molecule has 0 radical (unpaired) electrons. The van der Waals surface area contributed by atoms with Crippen LogP contribution in [0.25, 0.3) is 0 Å². The summed E-state index contributed by atoms with van der Waals surface area (Å²) >= 11 is 6.03. The second-order valence-electron chi connectivity index (χ2n) is 7.97. The maximum absolute atomic E-state index is 11.0. The molecule has 0 amide bonds. The number of rotatable bonds is 5. The van der Waals surface area contributed by atoms with Crippen molar-refractivity contribution in [1.29, 1.82) is 0 Å². The van der Waals surface area contributed by atoms with Crippen molar-refractivity contribution >= 4 is 11.6 Å². The van der Waals surface area contributed by atoms with Gasteiger partial charge in [-0.15, -0.1) is 0 Å². The van der Waals surface area contributed by atoms with Crippen molar-refractivity contribution in [1.82, 2.24) is 4.90 Å². The zero-order valence-electron chi connectivity index (χ0n) is 16.0. The zero-order valence-corrected chi connectivity index (χ0v) is 16.8. The summed E-state index contributed by atoms with van der Waals surface area (Å²) < 4.78 is 12.1. The Morgan fingerprint density at radius 1 is 1.21 bits per heavy atom. The summed E-state index contributed by atoms with van der Waals surface area (Å²) in [6.45, 7) is 3.17. The van der Waals surface area contributed by atoms with Crippen LogP contribution < -0.4 is 9.47 Å². The van der Waals surface area contributed by atoms with Gasteiger partial charge in [0.1, 0.15) is 29.4 Å². The molecule has 1 saturated heterocycles. The summed E-state index contributed by atoms with van der Waals surface area (Å²) in [5, 5.41) is 21.0. The minimum atomic E-state index is -1.12. The van der Waals surface area contributed by atoms with Crippen LogP contribution in [0.3, 0.4) is 0 Å². The SMILES string of the molecule is C[C@](O)(COc1cc(Cl)ccc1CO)N1CCC2(CC1)Cc1ccccc1O2. The Bertz CT molecular complexity index is 819. The molecular weight excluding hydrogens is 378 g/mol. The number of aliphatic hydroxyl groups is 2. The fraction of sp³-hybridized carbons (Fsp3) is 0.455. The normalized spacial score (nSPS) is 20.4. The number of aliphatic hydroxyl groups excluding tert-OH is 1. The number of para-hydroxylation sites is 1. The van der Waals surface area contributed by atoms with E-state index in [1.165, 1.54) is 5.56 Å². The minimum Gasteiger partial charge on any atom is -0.489 e. The van der Waals surface area contributed by atoms with Crippen LogP contribution in [0.15, 0.2) is 42.5 Å². The molecule has 4 rings (SSSR count). The lowest BCUT2D eigenvalue weighted by molar-refractivity contribution is -0.142. The second kappa shape index (κ2) is 7.56. The van der Waals surface area contributed by atoms with Gasteiger partial charge in [-0.2, -0.15) is 0 Å². The first-order valence-corrected chi connectivity index (χ1v) is 10.1. The van der Waals surface area contributed by atoms with E-state index in [-0.39, 0.29) is 18.8 Å². The molecule has 2 aliphatic rings. The number of nitrogens with zero attached hydrogens (tertiary/aromatic N) is 1. The highest BCUT2D eigenvalue weighted by molar-refractivity contribution is 6.30. The van der Waals surface area contributed by atoms with E-state index in [4.69, 9.17) is 21.1 Å².